The SMILES string of the molecule is COc1ccc(NC(=O)[C@H]2CCN[C@@H](C)C2)cc1-n1nnnc1C. The maximum atomic E-state index is 12.5. The normalized spacial score (nSPS) is 20.6. The zero-order valence-corrected chi connectivity index (χ0v) is 14.1. The number of carbonyl (C=O) groups excluding carboxylic acids is 1. The maximum absolute atomic E-state index is 12.5. The molecular weight excluding hydrogens is 308 g/mol. The van der Waals surface area contributed by atoms with Crippen LogP contribution in [0.15, 0.2) is 18.2 Å². The molecule has 1 fully saturated rings. The standard InChI is InChI=1S/C16H22N6O2/c1-10-8-12(6-7-17-10)16(23)18-13-4-5-15(24-3)14(9-13)22-11(2)19-20-21-22/h4-5,9-10,12,17H,6-8H2,1-3H3,(H,18,23)/t10-,12-/m0/s1. The highest BCUT2D eigenvalue weighted by atomic mass is 16.5. The van der Waals surface area contributed by atoms with E-state index in [0.29, 0.717) is 29.0 Å². The summed E-state index contributed by atoms with van der Waals surface area (Å²) in [6, 6.07) is 5.82. The molecule has 1 aliphatic heterocycles. The molecule has 2 aromatic rings. The summed E-state index contributed by atoms with van der Waals surface area (Å²) in [6.07, 6.45) is 1.70. The topological polar surface area (TPSA) is 94.0 Å². The Morgan fingerprint density at radius 3 is 2.96 bits per heavy atom. The fourth-order valence-electron chi connectivity index (χ4n) is 3.00. The number of carbonyl (C=O) groups is 1. The van der Waals surface area contributed by atoms with E-state index in [-0.39, 0.29) is 11.8 Å². The molecule has 2 N–H and O–H groups in total. The minimum absolute atomic E-state index is 0.0292. The van der Waals surface area contributed by atoms with Crippen molar-refractivity contribution >= 4 is 11.6 Å². The lowest BCUT2D eigenvalue weighted by molar-refractivity contribution is -0.120. The first-order valence-corrected chi connectivity index (χ1v) is 8.06. The third-order valence-corrected chi connectivity index (χ3v) is 4.29. The van der Waals surface area contributed by atoms with Gasteiger partial charge in [-0.15, -0.1) is 5.10 Å². The van der Waals surface area contributed by atoms with Crippen LogP contribution in [0, 0.1) is 12.8 Å². The summed E-state index contributed by atoms with van der Waals surface area (Å²) in [4.78, 5) is 12.5. The number of benzene rings is 1. The molecule has 1 saturated heterocycles. The molecule has 8 heteroatoms. The van der Waals surface area contributed by atoms with E-state index in [9.17, 15) is 4.79 Å². The van der Waals surface area contributed by atoms with Crippen LogP contribution < -0.4 is 15.4 Å². The largest absolute Gasteiger partial charge is 0.494 e. The van der Waals surface area contributed by atoms with Gasteiger partial charge < -0.3 is 15.4 Å². The van der Waals surface area contributed by atoms with Gasteiger partial charge in [-0.2, -0.15) is 4.68 Å². The number of nitrogens with one attached hydrogen (secondary N) is 2. The number of piperidine rings is 1. The average molecular weight is 330 g/mol. The number of aryl methyl sites for hydroxylation is 1. The van der Waals surface area contributed by atoms with Crippen LogP contribution in [0.3, 0.4) is 0 Å². The molecular formula is C16H22N6O2. The Kier molecular flexibility index (Phi) is 4.75. The zero-order valence-electron chi connectivity index (χ0n) is 14.1. The van der Waals surface area contributed by atoms with Crippen LogP contribution in [0.4, 0.5) is 5.69 Å². The van der Waals surface area contributed by atoms with E-state index >= 15 is 0 Å². The Bertz CT molecular complexity index is 729. The van der Waals surface area contributed by atoms with Crippen LogP contribution >= 0.6 is 0 Å². The molecule has 0 saturated carbocycles. The molecule has 0 spiro atoms. The fourth-order valence-corrected chi connectivity index (χ4v) is 3.00. The number of hydrogen-bond acceptors (Lipinski definition) is 6. The average Bonchev–Trinajstić information content (AvgIpc) is 3.00. The molecule has 2 heterocycles. The number of aromatic nitrogens is 4. The number of tetrazole rings is 1. The van der Waals surface area contributed by atoms with Crippen LogP contribution in [0.5, 0.6) is 5.75 Å². The van der Waals surface area contributed by atoms with Crippen molar-refractivity contribution in [3.63, 3.8) is 0 Å². The van der Waals surface area contributed by atoms with Gasteiger partial charge in [-0.05, 0) is 61.9 Å². The first-order valence-electron chi connectivity index (χ1n) is 8.06. The van der Waals surface area contributed by atoms with Gasteiger partial charge in [0.15, 0.2) is 5.82 Å². The summed E-state index contributed by atoms with van der Waals surface area (Å²) in [5, 5.41) is 17.9. The molecule has 0 aliphatic carbocycles. The van der Waals surface area contributed by atoms with Gasteiger partial charge in [0.1, 0.15) is 11.4 Å². The summed E-state index contributed by atoms with van der Waals surface area (Å²) >= 11 is 0. The Hall–Kier alpha value is -2.48. The Morgan fingerprint density at radius 1 is 1.46 bits per heavy atom. The van der Waals surface area contributed by atoms with E-state index in [1.54, 1.807) is 24.8 Å². The van der Waals surface area contributed by atoms with E-state index in [1.807, 2.05) is 12.1 Å². The van der Waals surface area contributed by atoms with Gasteiger partial charge in [0.05, 0.1) is 7.11 Å². The lowest BCUT2D eigenvalue weighted by Crippen LogP contribution is -2.40. The lowest BCUT2D eigenvalue weighted by atomic mass is 9.92. The van der Waals surface area contributed by atoms with Crippen molar-refractivity contribution in [2.45, 2.75) is 32.7 Å². The fraction of sp³-hybridized carbons (Fsp3) is 0.500. The quantitative estimate of drug-likeness (QED) is 0.878. The molecule has 128 valence electrons. The van der Waals surface area contributed by atoms with Gasteiger partial charge in [-0.3, -0.25) is 4.79 Å². The molecule has 0 unspecified atom stereocenters. The van der Waals surface area contributed by atoms with Crippen molar-refractivity contribution < 1.29 is 9.53 Å². The van der Waals surface area contributed by atoms with Gasteiger partial charge in [-0.25, -0.2) is 0 Å². The Morgan fingerprint density at radius 2 is 2.29 bits per heavy atom. The van der Waals surface area contributed by atoms with Gasteiger partial charge in [0.25, 0.3) is 0 Å². The lowest BCUT2D eigenvalue weighted by Gasteiger charge is -2.27. The van der Waals surface area contributed by atoms with Crippen molar-refractivity contribution in [2.75, 3.05) is 19.0 Å². The molecule has 0 radical (unpaired) electrons. The number of ether oxygens (including phenoxy) is 1. The Balaban J connectivity index is 1.82. The molecule has 2 atom stereocenters. The molecule has 1 aromatic heterocycles. The predicted molar refractivity (Wildman–Crippen MR) is 89.3 cm³/mol. The van der Waals surface area contributed by atoms with E-state index in [4.69, 9.17) is 4.74 Å². The van der Waals surface area contributed by atoms with Gasteiger partial charge in [0, 0.05) is 17.6 Å². The van der Waals surface area contributed by atoms with Crippen LogP contribution in [-0.4, -0.2) is 45.8 Å². The highest BCUT2D eigenvalue weighted by molar-refractivity contribution is 5.93. The predicted octanol–water partition coefficient (Wildman–Crippen LogP) is 1.31. The number of hydrogen-bond donors (Lipinski definition) is 2. The van der Waals surface area contributed by atoms with Crippen LogP contribution in [0.2, 0.25) is 0 Å². The highest BCUT2D eigenvalue weighted by Crippen LogP contribution is 2.27. The van der Waals surface area contributed by atoms with E-state index in [1.165, 1.54) is 0 Å². The second-order valence-electron chi connectivity index (χ2n) is 6.09. The van der Waals surface area contributed by atoms with Gasteiger partial charge in [-0.1, -0.05) is 0 Å². The van der Waals surface area contributed by atoms with Crippen molar-refractivity contribution in [3.05, 3.63) is 24.0 Å². The van der Waals surface area contributed by atoms with Crippen LogP contribution in [0.1, 0.15) is 25.6 Å². The van der Waals surface area contributed by atoms with E-state index in [0.717, 1.165) is 19.4 Å². The van der Waals surface area contributed by atoms with Gasteiger partial charge >= 0.3 is 0 Å². The second-order valence-corrected chi connectivity index (χ2v) is 6.09. The second kappa shape index (κ2) is 6.96. The molecule has 24 heavy (non-hydrogen) atoms. The van der Waals surface area contributed by atoms with Crippen molar-refractivity contribution in [2.24, 2.45) is 5.92 Å². The summed E-state index contributed by atoms with van der Waals surface area (Å²) in [5.74, 6) is 1.36. The minimum Gasteiger partial charge on any atom is -0.494 e. The number of rotatable bonds is 4. The number of nitrogens with zero attached hydrogens (tertiary/aromatic N) is 4. The summed E-state index contributed by atoms with van der Waals surface area (Å²) < 4.78 is 6.96. The molecule has 0 bridgehead atoms. The molecule has 3 rings (SSSR count). The smallest absolute Gasteiger partial charge is 0.227 e. The third-order valence-electron chi connectivity index (χ3n) is 4.29. The van der Waals surface area contributed by atoms with Crippen LogP contribution in [-0.2, 0) is 4.79 Å². The van der Waals surface area contributed by atoms with Crippen LogP contribution in [0.25, 0.3) is 5.69 Å². The van der Waals surface area contributed by atoms with Crippen molar-refractivity contribution in [1.29, 1.82) is 0 Å². The third kappa shape index (κ3) is 3.38. The summed E-state index contributed by atoms with van der Waals surface area (Å²) in [5.41, 5.74) is 1.40. The molecule has 1 aliphatic rings. The number of anilines is 1. The van der Waals surface area contributed by atoms with Crippen molar-refractivity contribution in [3.8, 4) is 11.4 Å². The zero-order chi connectivity index (χ0) is 17.1. The van der Waals surface area contributed by atoms with Crippen molar-refractivity contribution in [1.82, 2.24) is 25.5 Å². The van der Waals surface area contributed by atoms with E-state index in [2.05, 4.69) is 33.1 Å². The molecule has 1 amide bonds. The highest BCUT2D eigenvalue weighted by Gasteiger charge is 2.25. The number of amides is 1. The number of methoxy groups -OCH3 is 1. The Labute approximate surface area is 140 Å². The first-order chi connectivity index (χ1) is 11.6. The van der Waals surface area contributed by atoms with Gasteiger partial charge in [0.2, 0.25) is 5.91 Å². The molecule has 8 nitrogen and oxygen atoms in total. The summed E-state index contributed by atoms with van der Waals surface area (Å²) in [6.45, 7) is 4.78. The minimum atomic E-state index is 0.0292. The molecule has 1 aromatic carbocycles. The maximum Gasteiger partial charge on any atom is 0.227 e. The summed E-state index contributed by atoms with van der Waals surface area (Å²) in [7, 11) is 1.59. The monoisotopic (exact) mass is 330 g/mol. The van der Waals surface area contributed by atoms with E-state index < -0.39 is 0 Å². The first kappa shape index (κ1) is 16.4.